The first-order chi connectivity index (χ1) is 15.7. The van der Waals surface area contributed by atoms with E-state index in [-0.39, 0.29) is 30.8 Å². The summed E-state index contributed by atoms with van der Waals surface area (Å²) < 4.78 is 16.4. The number of nitrogens with one attached hydrogen (secondary N) is 1. The van der Waals surface area contributed by atoms with E-state index in [1.54, 1.807) is 13.2 Å². The van der Waals surface area contributed by atoms with Crippen molar-refractivity contribution in [3.63, 3.8) is 0 Å². The smallest absolute Gasteiger partial charge is 0.240 e. The van der Waals surface area contributed by atoms with Gasteiger partial charge in [-0.1, -0.05) is 24.3 Å². The first-order valence-electron chi connectivity index (χ1n) is 10.9. The lowest BCUT2D eigenvalue weighted by atomic mass is 10.0. The van der Waals surface area contributed by atoms with Gasteiger partial charge >= 0.3 is 0 Å². The zero-order valence-electron chi connectivity index (χ0n) is 18.3. The van der Waals surface area contributed by atoms with Crippen LogP contribution in [0, 0.1) is 0 Å². The molecule has 0 spiro atoms. The summed E-state index contributed by atoms with van der Waals surface area (Å²) in [7, 11) is 1.64. The Morgan fingerprint density at radius 2 is 1.84 bits per heavy atom. The Hall–Kier alpha value is -3.10. The molecule has 1 saturated heterocycles. The lowest BCUT2D eigenvalue weighted by Gasteiger charge is -2.35. The van der Waals surface area contributed by atoms with Gasteiger partial charge < -0.3 is 19.5 Å². The van der Waals surface area contributed by atoms with E-state index < -0.39 is 0 Å². The zero-order chi connectivity index (χ0) is 22.3. The number of amides is 2. The minimum atomic E-state index is -0.207. The molecule has 2 aliphatic rings. The van der Waals surface area contributed by atoms with Crippen LogP contribution in [-0.4, -0.2) is 69.8 Å². The number of ether oxygens (including phenoxy) is 3. The van der Waals surface area contributed by atoms with Crippen LogP contribution in [0.3, 0.4) is 0 Å². The standard InChI is InChI=1S/C24H29N3O5/c1-30-19-8-6-18(7-9-19)21(26-11-14-31-15-12-26)16-25-23(28)17-27-20-4-2-3-5-22(20)32-13-10-24(27)29/h2-9,21H,10-17H2,1H3,(H,25,28)/t21-/m1/s1. The molecule has 0 saturated carbocycles. The van der Waals surface area contributed by atoms with Gasteiger partial charge in [-0.3, -0.25) is 19.4 Å². The molecule has 2 amide bonds. The molecule has 0 radical (unpaired) electrons. The number of para-hydroxylation sites is 2. The van der Waals surface area contributed by atoms with Crippen molar-refractivity contribution in [1.82, 2.24) is 10.2 Å². The molecule has 4 rings (SSSR count). The fraction of sp³-hybridized carbons (Fsp3) is 0.417. The first kappa shape index (κ1) is 22.1. The van der Waals surface area contributed by atoms with Crippen LogP contribution in [0.5, 0.6) is 11.5 Å². The highest BCUT2D eigenvalue weighted by Gasteiger charge is 2.27. The van der Waals surface area contributed by atoms with Crippen molar-refractivity contribution in [2.75, 3.05) is 58.0 Å². The van der Waals surface area contributed by atoms with Crippen molar-refractivity contribution >= 4 is 17.5 Å². The highest BCUT2D eigenvalue weighted by atomic mass is 16.5. The number of hydrogen-bond donors (Lipinski definition) is 1. The molecule has 2 heterocycles. The summed E-state index contributed by atoms with van der Waals surface area (Å²) in [6.45, 7) is 3.62. The van der Waals surface area contributed by atoms with Crippen molar-refractivity contribution < 1.29 is 23.8 Å². The minimum absolute atomic E-state index is 0.00390. The van der Waals surface area contributed by atoms with Gasteiger partial charge in [0.1, 0.15) is 18.0 Å². The normalized spacial score (nSPS) is 17.7. The number of carbonyl (C=O) groups is 2. The Morgan fingerprint density at radius 1 is 1.09 bits per heavy atom. The molecule has 0 aliphatic carbocycles. The highest BCUT2D eigenvalue weighted by Crippen LogP contribution is 2.30. The molecule has 2 aliphatic heterocycles. The summed E-state index contributed by atoms with van der Waals surface area (Å²) >= 11 is 0. The van der Waals surface area contributed by atoms with Crippen LogP contribution in [-0.2, 0) is 14.3 Å². The maximum absolute atomic E-state index is 12.9. The van der Waals surface area contributed by atoms with Crippen LogP contribution in [0.25, 0.3) is 0 Å². The summed E-state index contributed by atoms with van der Waals surface area (Å²) in [5.41, 5.74) is 1.72. The number of rotatable bonds is 7. The second-order valence-electron chi connectivity index (χ2n) is 7.79. The quantitative estimate of drug-likeness (QED) is 0.711. The number of carbonyl (C=O) groups excluding carboxylic acids is 2. The molecule has 1 N–H and O–H groups in total. The molecule has 170 valence electrons. The van der Waals surface area contributed by atoms with Crippen molar-refractivity contribution in [1.29, 1.82) is 0 Å². The van der Waals surface area contributed by atoms with Crippen molar-refractivity contribution in [2.24, 2.45) is 0 Å². The van der Waals surface area contributed by atoms with Gasteiger partial charge in [-0.05, 0) is 29.8 Å². The van der Waals surface area contributed by atoms with Crippen LogP contribution in [0.2, 0.25) is 0 Å². The second-order valence-corrected chi connectivity index (χ2v) is 7.79. The molecule has 0 bridgehead atoms. The van der Waals surface area contributed by atoms with Gasteiger partial charge in [-0.2, -0.15) is 0 Å². The van der Waals surface area contributed by atoms with E-state index in [1.165, 1.54) is 4.90 Å². The third kappa shape index (κ3) is 5.20. The lowest BCUT2D eigenvalue weighted by molar-refractivity contribution is -0.124. The molecule has 0 aromatic heterocycles. The average Bonchev–Trinajstić information content (AvgIpc) is 2.99. The van der Waals surface area contributed by atoms with Gasteiger partial charge in [0.2, 0.25) is 11.8 Å². The van der Waals surface area contributed by atoms with Crippen LogP contribution in [0.4, 0.5) is 5.69 Å². The van der Waals surface area contributed by atoms with Crippen molar-refractivity contribution in [2.45, 2.75) is 12.5 Å². The van der Waals surface area contributed by atoms with Gasteiger partial charge in [0.05, 0.1) is 45.1 Å². The summed E-state index contributed by atoms with van der Waals surface area (Å²) in [4.78, 5) is 29.3. The summed E-state index contributed by atoms with van der Waals surface area (Å²) in [6, 6.07) is 15.2. The van der Waals surface area contributed by atoms with E-state index in [0.717, 1.165) is 24.4 Å². The fourth-order valence-electron chi connectivity index (χ4n) is 4.08. The molecular formula is C24H29N3O5. The number of methoxy groups -OCH3 is 1. The van der Waals surface area contributed by atoms with Crippen molar-refractivity contribution in [3.8, 4) is 11.5 Å². The monoisotopic (exact) mass is 439 g/mol. The molecule has 8 heteroatoms. The number of benzene rings is 2. The Labute approximate surface area is 188 Å². The predicted octanol–water partition coefficient (Wildman–Crippen LogP) is 2.00. The summed E-state index contributed by atoms with van der Waals surface area (Å²) in [6.07, 6.45) is 0.240. The number of anilines is 1. The highest BCUT2D eigenvalue weighted by molar-refractivity contribution is 6.00. The molecule has 8 nitrogen and oxygen atoms in total. The third-order valence-electron chi connectivity index (χ3n) is 5.81. The van der Waals surface area contributed by atoms with Crippen LogP contribution < -0.4 is 19.7 Å². The van der Waals surface area contributed by atoms with Crippen LogP contribution in [0.1, 0.15) is 18.0 Å². The average molecular weight is 440 g/mol. The molecule has 2 aromatic carbocycles. The Bertz CT molecular complexity index is 927. The predicted molar refractivity (Wildman–Crippen MR) is 120 cm³/mol. The molecule has 1 atom stereocenters. The van der Waals surface area contributed by atoms with Crippen molar-refractivity contribution in [3.05, 3.63) is 54.1 Å². The van der Waals surface area contributed by atoms with E-state index in [1.807, 2.05) is 42.5 Å². The zero-order valence-corrected chi connectivity index (χ0v) is 18.3. The number of hydrogen-bond acceptors (Lipinski definition) is 6. The molecule has 0 unspecified atom stereocenters. The van der Waals surface area contributed by atoms with Gasteiger partial charge in [0.25, 0.3) is 0 Å². The lowest BCUT2D eigenvalue weighted by Crippen LogP contribution is -2.46. The third-order valence-corrected chi connectivity index (χ3v) is 5.81. The van der Waals surface area contributed by atoms with E-state index in [2.05, 4.69) is 10.2 Å². The Balaban J connectivity index is 1.45. The first-order valence-corrected chi connectivity index (χ1v) is 10.9. The molecule has 1 fully saturated rings. The van der Waals surface area contributed by atoms with E-state index in [9.17, 15) is 9.59 Å². The largest absolute Gasteiger partial charge is 0.497 e. The topological polar surface area (TPSA) is 80.3 Å². The molecule has 2 aromatic rings. The Morgan fingerprint density at radius 3 is 2.59 bits per heavy atom. The van der Waals surface area contributed by atoms with Crippen LogP contribution in [0.15, 0.2) is 48.5 Å². The number of nitrogens with zero attached hydrogens (tertiary/aromatic N) is 2. The number of morpholine rings is 1. The van der Waals surface area contributed by atoms with Crippen LogP contribution >= 0.6 is 0 Å². The van der Waals surface area contributed by atoms with E-state index in [0.29, 0.717) is 37.8 Å². The van der Waals surface area contributed by atoms with Gasteiger partial charge in [0.15, 0.2) is 0 Å². The summed E-state index contributed by atoms with van der Waals surface area (Å²) in [5.74, 6) is 1.08. The fourth-order valence-corrected chi connectivity index (χ4v) is 4.08. The SMILES string of the molecule is COc1ccc([C@@H](CNC(=O)CN2C(=O)CCOc3ccccc32)N2CCOCC2)cc1. The van der Waals surface area contributed by atoms with Gasteiger partial charge in [0, 0.05) is 19.6 Å². The molecule has 32 heavy (non-hydrogen) atoms. The van der Waals surface area contributed by atoms with E-state index >= 15 is 0 Å². The maximum Gasteiger partial charge on any atom is 0.240 e. The van der Waals surface area contributed by atoms with Gasteiger partial charge in [-0.15, -0.1) is 0 Å². The van der Waals surface area contributed by atoms with Gasteiger partial charge in [-0.25, -0.2) is 0 Å². The minimum Gasteiger partial charge on any atom is -0.497 e. The second kappa shape index (κ2) is 10.5. The van der Waals surface area contributed by atoms with E-state index in [4.69, 9.17) is 14.2 Å². The molecular weight excluding hydrogens is 410 g/mol. The summed E-state index contributed by atoms with van der Waals surface area (Å²) in [5, 5.41) is 3.04. The number of fused-ring (bicyclic) bond motifs is 1. The maximum atomic E-state index is 12.9. The Kier molecular flexibility index (Phi) is 7.24.